The molecule has 0 radical (unpaired) electrons. The largest absolute Gasteiger partial charge is 0.233 e. The van der Waals surface area contributed by atoms with Crippen LogP contribution >= 0.6 is 11.8 Å². The summed E-state index contributed by atoms with van der Waals surface area (Å²) in [5.74, 6) is 0.329. The first kappa shape index (κ1) is 10.4. The molecule has 78 valence electrons. The van der Waals surface area contributed by atoms with Gasteiger partial charge in [0.1, 0.15) is 17.9 Å². The Kier molecular flexibility index (Phi) is 2.99. The number of rotatable bonds is 3. The van der Waals surface area contributed by atoms with Crippen molar-refractivity contribution in [1.29, 1.82) is 10.5 Å². The SMILES string of the molecule is N#CCSc1ncnc2c1cnn2CC#N. The summed E-state index contributed by atoms with van der Waals surface area (Å²) in [5.41, 5.74) is 0.622. The second-order valence-corrected chi connectivity index (χ2v) is 3.79. The van der Waals surface area contributed by atoms with Crippen molar-refractivity contribution < 1.29 is 0 Å². The highest BCUT2D eigenvalue weighted by molar-refractivity contribution is 7.99. The standard InChI is InChI=1S/C9H6N6S/c10-1-3-15-8-7(5-14-15)9(13-6-12-8)16-4-2-11/h5-6H,3-4H2. The second-order valence-electron chi connectivity index (χ2n) is 2.82. The van der Waals surface area contributed by atoms with Gasteiger partial charge in [-0.05, 0) is 0 Å². The molecule has 0 saturated heterocycles. The maximum absolute atomic E-state index is 8.61. The van der Waals surface area contributed by atoms with Gasteiger partial charge in [0.2, 0.25) is 0 Å². The summed E-state index contributed by atoms with van der Waals surface area (Å²) in [6, 6.07) is 4.04. The summed E-state index contributed by atoms with van der Waals surface area (Å²) in [7, 11) is 0. The van der Waals surface area contributed by atoms with Crippen LogP contribution < -0.4 is 0 Å². The maximum Gasteiger partial charge on any atom is 0.163 e. The third-order valence-electron chi connectivity index (χ3n) is 1.89. The summed E-state index contributed by atoms with van der Waals surface area (Å²) in [6.45, 7) is 0.156. The predicted octanol–water partition coefficient (Wildman–Crippen LogP) is 0.966. The van der Waals surface area contributed by atoms with Crippen LogP contribution in [0.2, 0.25) is 0 Å². The van der Waals surface area contributed by atoms with Gasteiger partial charge in [0.25, 0.3) is 0 Å². The molecule has 2 aromatic heterocycles. The summed E-state index contributed by atoms with van der Waals surface area (Å²) in [4.78, 5) is 8.15. The molecule has 0 aliphatic heterocycles. The molecule has 6 nitrogen and oxygen atoms in total. The van der Waals surface area contributed by atoms with Crippen LogP contribution in [0.1, 0.15) is 0 Å². The highest BCUT2D eigenvalue weighted by Gasteiger charge is 2.09. The molecule has 0 saturated carbocycles. The van der Waals surface area contributed by atoms with Crippen molar-refractivity contribution in [3.8, 4) is 12.1 Å². The molecule has 2 rings (SSSR count). The van der Waals surface area contributed by atoms with Crippen molar-refractivity contribution in [3.63, 3.8) is 0 Å². The highest BCUT2D eigenvalue weighted by atomic mass is 32.2. The molecule has 7 heteroatoms. The smallest absolute Gasteiger partial charge is 0.163 e. The lowest BCUT2D eigenvalue weighted by molar-refractivity contribution is 0.726. The summed E-state index contributed by atoms with van der Waals surface area (Å²) >= 11 is 1.33. The van der Waals surface area contributed by atoms with Crippen molar-refractivity contribution >= 4 is 22.8 Å². The van der Waals surface area contributed by atoms with Crippen LogP contribution in [-0.4, -0.2) is 25.5 Å². The number of fused-ring (bicyclic) bond motifs is 1. The minimum atomic E-state index is 0.156. The van der Waals surface area contributed by atoms with Crippen molar-refractivity contribution in [2.75, 3.05) is 5.75 Å². The zero-order valence-corrected chi connectivity index (χ0v) is 8.98. The van der Waals surface area contributed by atoms with Gasteiger partial charge in [-0.3, -0.25) is 0 Å². The molecule has 0 aliphatic rings. The molecule has 2 aromatic rings. The van der Waals surface area contributed by atoms with Crippen LogP contribution in [0, 0.1) is 22.7 Å². The first-order chi connectivity index (χ1) is 7.86. The molecule has 0 aliphatic carbocycles. The minimum Gasteiger partial charge on any atom is -0.233 e. The van der Waals surface area contributed by atoms with Crippen LogP contribution in [-0.2, 0) is 6.54 Å². The molecule has 0 spiro atoms. The average Bonchev–Trinajstić information content (AvgIpc) is 2.71. The monoisotopic (exact) mass is 230 g/mol. The molecule has 16 heavy (non-hydrogen) atoms. The third kappa shape index (κ3) is 1.81. The van der Waals surface area contributed by atoms with E-state index in [2.05, 4.69) is 15.1 Å². The highest BCUT2D eigenvalue weighted by Crippen LogP contribution is 2.23. The normalized spacial score (nSPS) is 9.88. The van der Waals surface area contributed by atoms with Gasteiger partial charge < -0.3 is 0 Å². The van der Waals surface area contributed by atoms with Gasteiger partial charge in [-0.15, -0.1) is 0 Å². The van der Waals surface area contributed by atoms with Crippen molar-refractivity contribution in [3.05, 3.63) is 12.5 Å². The van der Waals surface area contributed by atoms with Gasteiger partial charge in [0.05, 0.1) is 29.5 Å². The molecule has 0 unspecified atom stereocenters. The fourth-order valence-corrected chi connectivity index (χ4v) is 1.89. The van der Waals surface area contributed by atoms with Crippen LogP contribution in [0.4, 0.5) is 0 Å². The topological polar surface area (TPSA) is 91.2 Å². The summed E-state index contributed by atoms with van der Waals surface area (Å²) in [6.07, 6.45) is 3.03. The van der Waals surface area contributed by atoms with E-state index in [4.69, 9.17) is 10.5 Å². The Bertz CT molecular complexity index is 590. The number of hydrogen-bond donors (Lipinski definition) is 0. The van der Waals surface area contributed by atoms with Gasteiger partial charge in [-0.25, -0.2) is 14.6 Å². The van der Waals surface area contributed by atoms with Crippen molar-refractivity contribution in [1.82, 2.24) is 19.7 Å². The van der Waals surface area contributed by atoms with Crippen LogP contribution in [0.3, 0.4) is 0 Å². The van der Waals surface area contributed by atoms with E-state index in [0.29, 0.717) is 11.4 Å². The van der Waals surface area contributed by atoms with Crippen LogP contribution in [0.15, 0.2) is 17.6 Å². The average molecular weight is 230 g/mol. The van der Waals surface area contributed by atoms with Crippen molar-refractivity contribution in [2.24, 2.45) is 0 Å². The van der Waals surface area contributed by atoms with E-state index in [-0.39, 0.29) is 6.54 Å². The minimum absolute atomic E-state index is 0.156. The van der Waals surface area contributed by atoms with E-state index < -0.39 is 0 Å². The second kappa shape index (κ2) is 4.60. The molecule has 0 aromatic carbocycles. The Morgan fingerprint density at radius 3 is 2.94 bits per heavy atom. The first-order valence-corrected chi connectivity index (χ1v) is 5.38. The van der Waals surface area contributed by atoms with Crippen LogP contribution in [0.25, 0.3) is 11.0 Å². The maximum atomic E-state index is 8.61. The van der Waals surface area contributed by atoms with Gasteiger partial charge >= 0.3 is 0 Å². The molecular formula is C9H6N6S. The third-order valence-corrected chi connectivity index (χ3v) is 2.76. The Morgan fingerprint density at radius 2 is 2.19 bits per heavy atom. The van der Waals surface area contributed by atoms with E-state index in [9.17, 15) is 0 Å². The Labute approximate surface area is 95.5 Å². The number of thioether (sulfide) groups is 1. The lowest BCUT2D eigenvalue weighted by Gasteiger charge is -1.98. The van der Waals surface area contributed by atoms with Gasteiger partial charge in [-0.2, -0.15) is 15.6 Å². The van der Waals surface area contributed by atoms with Crippen molar-refractivity contribution in [2.45, 2.75) is 11.6 Å². The predicted molar refractivity (Wildman–Crippen MR) is 57.3 cm³/mol. The van der Waals surface area contributed by atoms with E-state index in [1.54, 1.807) is 6.20 Å². The number of nitriles is 2. The molecule has 0 bridgehead atoms. The van der Waals surface area contributed by atoms with Gasteiger partial charge in [0, 0.05) is 0 Å². The van der Waals surface area contributed by atoms with E-state index in [1.165, 1.54) is 22.8 Å². The molecule has 0 atom stereocenters. The van der Waals surface area contributed by atoms with E-state index in [1.807, 2.05) is 12.1 Å². The number of aromatic nitrogens is 4. The molecule has 0 amide bonds. The number of nitrogens with zero attached hydrogens (tertiary/aromatic N) is 6. The van der Waals surface area contributed by atoms with Crippen LogP contribution in [0.5, 0.6) is 0 Å². The van der Waals surface area contributed by atoms with E-state index in [0.717, 1.165) is 10.4 Å². The van der Waals surface area contributed by atoms with Gasteiger partial charge in [0.15, 0.2) is 5.65 Å². The van der Waals surface area contributed by atoms with Gasteiger partial charge in [-0.1, -0.05) is 11.8 Å². The first-order valence-electron chi connectivity index (χ1n) is 4.40. The Hall–Kier alpha value is -2.12. The van der Waals surface area contributed by atoms with E-state index >= 15 is 0 Å². The Balaban J connectivity index is 2.46. The fraction of sp³-hybridized carbons (Fsp3) is 0.222. The molecule has 0 N–H and O–H groups in total. The Morgan fingerprint density at radius 1 is 1.31 bits per heavy atom. The summed E-state index contributed by atoms with van der Waals surface area (Å²) in [5, 5.41) is 22.7. The zero-order valence-electron chi connectivity index (χ0n) is 8.16. The fourth-order valence-electron chi connectivity index (χ4n) is 1.27. The summed E-state index contributed by atoms with van der Waals surface area (Å²) < 4.78 is 1.51. The lowest BCUT2D eigenvalue weighted by atomic mass is 10.4. The number of hydrogen-bond acceptors (Lipinski definition) is 6. The molecule has 2 heterocycles. The molecular weight excluding hydrogens is 224 g/mol. The lowest BCUT2D eigenvalue weighted by Crippen LogP contribution is -1.99. The quantitative estimate of drug-likeness (QED) is 0.576. The molecule has 0 fully saturated rings. The zero-order chi connectivity index (χ0) is 11.4.